The molecule has 0 spiro atoms. The first kappa shape index (κ1) is 12.3. The molecule has 2 unspecified atom stereocenters. The fourth-order valence-electron chi connectivity index (χ4n) is 1.58. The van der Waals surface area contributed by atoms with E-state index in [-0.39, 0.29) is 6.54 Å². The second-order valence-electron chi connectivity index (χ2n) is 3.68. The molecule has 0 saturated carbocycles. The first-order valence-electron chi connectivity index (χ1n) is 4.66. The monoisotopic (exact) mass is 225 g/mol. The standard InChI is InChI=1S/C8H14F3N3O/c9-8(10,11)5(3-12)4-14-2-1-6(14)7(13)15/h5-6H,1-4,12H2,(H2,13,15). The predicted molar refractivity (Wildman–Crippen MR) is 47.8 cm³/mol. The molecule has 0 aromatic heterocycles. The zero-order valence-electron chi connectivity index (χ0n) is 8.13. The number of primary amides is 1. The highest BCUT2D eigenvalue weighted by Crippen LogP contribution is 2.29. The molecule has 4 N–H and O–H groups in total. The van der Waals surface area contributed by atoms with Gasteiger partial charge in [0, 0.05) is 19.6 Å². The molecule has 0 bridgehead atoms. The Balaban J connectivity index is 2.50. The van der Waals surface area contributed by atoms with Crippen LogP contribution in [0.1, 0.15) is 6.42 Å². The molecule has 1 fully saturated rings. The quantitative estimate of drug-likeness (QED) is 0.689. The van der Waals surface area contributed by atoms with Crippen molar-refractivity contribution in [3.63, 3.8) is 0 Å². The lowest BCUT2D eigenvalue weighted by Crippen LogP contribution is -2.57. The molecule has 1 aliphatic rings. The number of hydrogen-bond acceptors (Lipinski definition) is 3. The molecule has 0 aromatic rings. The second-order valence-corrected chi connectivity index (χ2v) is 3.68. The van der Waals surface area contributed by atoms with Crippen molar-refractivity contribution in [3.8, 4) is 0 Å². The zero-order valence-corrected chi connectivity index (χ0v) is 8.13. The average Bonchev–Trinajstić information content (AvgIpc) is 1.99. The van der Waals surface area contributed by atoms with Crippen LogP contribution in [-0.4, -0.2) is 42.7 Å². The Morgan fingerprint density at radius 3 is 2.40 bits per heavy atom. The molecule has 1 saturated heterocycles. The molecular formula is C8H14F3N3O. The molecule has 1 rings (SSSR count). The molecular weight excluding hydrogens is 211 g/mol. The zero-order chi connectivity index (χ0) is 11.6. The first-order chi connectivity index (χ1) is 6.86. The number of hydrogen-bond donors (Lipinski definition) is 2. The lowest BCUT2D eigenvalue weighted by molar-refractivity contribution is -0.181. The molecule has 1 amide bonds. The lowest BCUT2D eigenvalue weighted by atomic mass is 9.99. The highest BCUT2D eigenvalue weighted by molar-refractivity contribution is 5.80. The summed E-state index contributed by atoms with van der Waals surface area (Å²) in [6, 6.07) is -0.554. The van der Waals surface area contributed by atoms with Crippen LogP contribution in [-0.2, 0) is 4.79 Å². The largest absolute Gasteiger partial charge is 0.394 e. The van der Waals surface area contributed by atoms with Gasteiger partial charge in [0.05, 0.1) is 12.0 Å². The van der Waals surface area contributed by atoms with E-state index in [1.54, 1.807) is 0 Å². The van der Waals surface area contributed by atoms with E-state index in [2.05, 4.69) is 0 Å². The third-order valence-corrected chi connectivity index (χ3v) is 2.66. The van der Waals surface area contributed by atoms with Crippen molar-refractivity contribution >= 4 is 5.91 Å². The molecule has 15 heavy (non-hydrogen) atoms. The van der Waals surface area contributed by atoms with E-state index >= 15 is 0 Å². The molecule has 0 aromatic carbocycles. The van der Waals surface area contributed by atoms with Gasteiger partial charge in [0.1, 0.15) is 0 Å². The van der Waals surface area contributed by atoms with Crippen LogP contribution in [0.15, 0.2) is 0 Å². The number of nitrogens with zero attached hydrogens (tertiary/aromatic N) is 1. The van der Waals surface area contributed by atoms with E-state index in [0.717, 1.165) is 0 Å². The number of halogens is 3. The van der Waals surface area contributed by atoms with E-state index in [0.29, 0.717) is 13.0 Å². The fraction of sp³-hybridized carbons (Fsp3) is 0.875. The van der Waals surface area contributed by atoms with Crippen LogP contribution in [0.5, 0.6) is 0 Å². The minimum Gasteiger partial charge on any atom is -0.368 e. The maximum absolute atomic E-state index is 12.3. The molecule has 1 heterocycles. The molecule has 0 radical (unpaired) electrons. The Hall–Kier alpha value is -0.820. The number of amides is 1. The number of rotatable bonds is 4. The van der Waals surface area contributed by atoms with Gasteiger partial charge < -0.3 is 11.5 Å². The summed E-state index contributed by atoms with van der Waals surface area (Å²) in [5, 5.41) is 0. The highest BCUT2D eigenvalue weighted by Gasteiger charge is 2.43. The van der Waals surface area contributed by atoms with Gasteiger partial charge in [-0.2, -0.15) is 13.2 Å². The van der Waals surface area contributed by atoms with Gasteiger partial charge in [0.15, 0.2) is 0 Å². The Labute approximate surface area is 85.4 Å². The van der Waals surface area contributed by atoms with Gasteiger partial charge >= 0.3 is 6.18 Å². The number of alkyl halides is 3. The molecule has 7 heteroatoms. The van der Waals surface area contributed by atoms with Gasteiger partial charge in [0.2, 0.25) is 5.91 Å². The van der Waals surface area contributed by atoms with Gasteiger partial charge in [-0.05, 0) is 6.42 Å². The predicted octanol–water partition coefficient (Wildman–Crippen LogP) is -0.317. The summed E-state index contributed by atoms with van der Waals surface area (Å²) >= 11 is 0. The van der Waals surface area contributed by atoms with Gasteiger partial charge in [-0.15, -0.1) is 0 Å². The minimum absolute atomic E-state index is 0.242. The van der Waals surface area contributed by atoms with Gasteiger partial charge in [0.25, 0.3) is 0 Å². The fourth-order valence-corrected chi connectivity index (χ4v) is 1.58. The van der Waals surface area contributed by atoms with Gasteiger partial charge in [-0.3, -0.25) is 9.69 Å². The van der Waals surface area contributed by atoms with Crippen molar-refractivity contribution in [1.82, 2.24) is 4.90 Å². The van der Waals surface area contributed by atoms with Crippen molar-refractivity contribution in [1.29, 1.82) is 0 Å². The van der Waals surface area contributed by atoms with Crippen molar-refractivity contribution in [2.24, 2.45) is 17.4 Å². The van der Waals surface area contributed by atoms with Crippen molar-refractivity contribution in [3.05, 3.63) is 0 Å². The summed E-state index contributed by atoms with van der Waals surface area (Å²) in [5.41, 5.74) is 10.1. The molecule has 4 nitrogen and oxygen atoms in total. The highest BCUT2D eigenvalue weighted by atomic mass is 19.4. The van der Waals surface area contributed by atoms with Crippen LogP contribution in [0, 0.1) is 5.92 Å². The van der Waals surface area contributed by atoms with E-state index in [9.17, 15) is 18.0 Å². The normalized spacial score (nSPS) is 24.7. The smallest absolute Gasteiger partial charge is 0.368 e. The summed E-state index contributed by atoms with van der Waals surface area (Å²) in [5.74, 6) is -2.15. The van der Waals surface area contributed by atoms with Gasteiger partial charge in [-0.25, -0.2) is 0 Å². The van der Waals surface area contributed by atoms with Crippen molar-refractivity contribution in [2.75, 3.05) is 19.6 Å². The maximum atomic E-state index is 12.3. The van der Waals surface area contributed by atoms with Crippen LogP contribution >= 0.6 is 0 Å². The SMILES string of the molecule is NCC(CN1CCC1C(N)=O)C(F)(F)F. The Morgan fingerprint density at radius 1 is 1.53 bits per heavy atom. The van der Waals surface area contributed by atoms with Gasteiger partial charge in [-0.1, -0.05) is 0 Å². The molecule has 1 aliphatic heterocycles. The minimum atomic E-state index is -4.31. The van der Waals surface area contributed by atoms with E-state index < -0.39 is 30.6 Å². The molecule has 88 valence electrons. The summed E-state index contributed by atoms with van der Waals surface area (Å²) in [7, 11) is 0. The van der Waals surface area contributed by atoms with Crippen LogP contribution in [0.25, 0.3) is 0 Å². The summed E-state index contributed by atoms with van der Waals surface area (Å²) in [4.78, 5) is 12.2. The number of likely N-dealkylation sites (tertiary alicyclic amines) is 1. The Kier molecular flexibility index (Phi) is 3.56. The Morgan fingerprint density at radius 2 is 2.13 bits per heavy atom. The summed E-state index contributed by atoms with van der Waals surface area (Å²) < 4.78 is 37.0. The topological polar surface area (TPSA) is 72.3 Å². The number of carbonyl (C=O) groups excluding carboxylic acids is 1. The third kappa shape index (κ3) is 2.82. The van der Waals surface area contributed by atoms with E-state index in [1.807, 2.05) is 0 Å². The maximum Gasteiger partial charge on any atom is 0.394 e. The summed E-state index contributed by atoms with van der Waals surface area (Å²) in [6.45, 7) is -0.237. The van der Waals surface area contributed by atoms with Crippen LogP contribution in [0.4, 0.5) is 13.2 Å². The first-order valence-corrected chi connectivity index (χ1v) is 4.66. The van der Waals surface area contributed by atoms with Crippen LogP contribution < -0.4 is 11.5 Å². The Bertz CT molecular complexity index is 244. The summed E-state index contributed by atoms with van der Waals surface area (Å²) in [6.07, 6.45) is -3.78. The molecule has 2 atom stereocenters. The molecule has 0 aliphatic carbocycles. The lowest BCUT2D eigenvalue weighted by Gasteiger charge is -2.40. The number of carbonyl (C=O) groups is 1. The third-order valence-electron chi connectivity index (χ3n) is 2.66. The van der Waals surface area contributed by atoms with Crippen LogP contribution in [0.2, 0.25) is 0 Å². The second kappa shape index (κ2) is 4.36. The van der Waals surface area contributed by atoms with Crippen molar-refractivity contribution in [2.45, 2.75) is 18.6 Å². The average molecular weight is 225 g/mol. The van der Waals surface area contributed by atoms with E-state index in [4.69, 9.17) is 11.5 Å². The number of nitrogens with two attached hydrogens (primary N) is 2. The van der Waals surface area contributed by atoms with Crippen LogP contribution in [0.3, 0.4) is 0 Å². The van der Waals surface area contributed by atoms with Crippen molar-refractivity contribution < 1.29 is 18.0 Å². The van der Waals surface area contributed by atoms with E-state index in [1.165, 1.54) is 4.90 Å².